The van der Waals surface area contributed by atoms with Gasteiger partial charge in [0.05, 0.1) is 12.7 Å². The molecule has 0 aromatic heterocycles. The van der Waals surface area contributed by atoms with Gasteiger partial charge >= 0.3 is 6.03 Å². The van der Waals surface area contributed by atoms with Gasteiger partial charge in [0.15, 0.2) is 0 Å². The molecule has 1 heterocycles. The normalized spacial score (nSPS) is 15.9. The molecule has 9 heteroatoms. The second kappa shape index (κ2) is 16.1. The number of rotatable bonds is 18. The van der Waals surface area contributed by atoms with E-state index < -0.39 is 18.2 Å². The minimum Gasteiger partial charge on any atom is -0.508 e. The summed E-state index contributed by atoms with van der Waals surface area (Å²) in [5, 5.41) is 37.2. The third kappa shape index (κ3) is 10.1. The van der Waals surface area contributed by atoms with Crippen LogP contribution in [0.5, 0.6) is 5.75 Å². The Morgan fingerprint density at radius 3 is 2.34 bits per heavy atom. The highest BCUT2D eigenvalue weighted by Crippen LogP contribution is 2.22. The maximum absolute atomic E-state index is 11.7. The van der Waals surface area contributed by atoms with Crippen LogP contribution >= 0.6 is 0 Å². The highest BCUT2D eigenvalue weighted by Gasteiger charge is 2.29. The topological polar surface area (TPSA) is 140 Å². The summed E-state index contributed by atoms with van der Waals surface area (Å²) in [6, 6.07) is 12.1. The lowest BCUT2D eigenvalue weighted by Crippen LogP contribution is -2.31. The summed E-state index contributed by atoms with van der Waals surface area (Å²) in [5.41, 5.74) is 3.38. The highest BCUT2D eigenvalue weighted by atomic mass is 16.5. The van der Waals surface area contributed by atoms with Crippen molar-refractivity contribution in [2.75, 3.05) is 26.3 Å². The van der Waals surface area contributed by atoms with Crippen LogP contribution < -0.4 is 16.0 Å². The predicted molar refractivity (Wildman–Crippen MR) is 145 cm³/mol. The zero-order valence-electron chi connectivity index (χ0n) is 22.0. The minimum absolute atomic E-state index is 0.0371. The molecule has 1 fully saturated rings. The van der Waals surface area contributed by atoms with Crippen LogP contribution in [-0.2, 0) is 29.0 Å². The van der Waals surface area contributed by atoms with E-state index in [1.54, 1.807) is 12.1 Å². The number of urea groups is 1. The fourth-order valence-electron chi connectivity index (χ4n) is 4.42. The summed E-state index contributed by atoms with van der Waals surface area (Å²) in [6.07, 6.45) is 7.18. The third-order valence-electron chi connectivity index (χ3n) is 6.71. The van der Waals surface area contributed by atoms with Crippen LogP contribution in [0.4, 0.5) is 4.79 Å². The van der Waals surface area contributed by atoms with Gasteiger partial charge in [-0.25, -0.2) is 4.79 Å². The Kier molecular flexibility index (Phi) is 12.5. The Bertz CT molecular complexity index is 1010. The van der Waals surface area contributed by atoms with Gasteiger partial charge in [0.1, 0.15) is 11.8 Å². The van der Waals surface area contributed by atoms with E-state index in [9.17, 15) is 24.9 Å². The molecule has 2 aromatic carbocycles. The van der Waals surface area contributed by atoms with E-state index in [-0.39, 0.29) is 18.3 Å². The Labute approximate surface area is 224 Å². The maximum Gasteiger partial charge on any atom is 0.322 e. The number of aliphatic hydroxyl groups excluding tert-OH is 2. The monoisotopic (exact) mass is 527 g/mol. The molecule has 9 nitrogen and oxygen atoms in total. The van der Waals surface area contributed by atoms with Crippen molar-refractivity contribution < 1.29 is 29.6 Å². The van der Waals surface area contributed by atoms with E-state index >= 15 is 0 Å². The fourth-order valence-corrected chi connectivity index (χ4v) is 4.42. The molecule has 6 N–H and O–H groups in total. The summed E-state index contributed by atoms with van der Waals surface area (Å²) < 4.78 is 5.76. The van der Waals surface area contributed by atoms with Gasteiger partial charge in [0, 0.05) is 31.7 Å². The van der Waals surface area contributed by atoms with Gasteiger partial charge < -0.3 is 30.7 Å². The number of benzene rings is 2. The second-order valence-electron chi connectivity index (χ2n) is 9.79. The van der Waals surface area contributed by atoms with Crippen molar-refractivity contribution in [1.82, 2.24) is 16.0 Å². The summed E-state index contributed by atoms with van der Waals surface area (Å²) >= 11 is 0. The van der Waals surface area contributed by atoms with Gasteiger partial charge in [-0.1, -0.05) is 43.2 Å². The summed E-state index contributed by atoms with van der Waals surface area (Å²) in [7, 11) is 0. The van der Waals surface area contributed by atoms with Crippen LogP contribution in [0.1, 0.15) is 66.9 Å². The molecule has 1 aliphatic rings. The molecule has 1 unspecified atom stereocenters. The molecule has 0 radical (unpaired) electrons. The molecule has 1 saturated heterocycles. The lowest BCUT2D eigenvalue weighted by Gasteiger charge is -2.14. The first-order valence-corrected chi connectivity index (χ1v) is 13.5. The number of aliphatic hydroxyl groups is 2. The number of carbonyl (C=O) groups excluding carboxylic acids is 2. The number of carbonyl (C=O) groups is 2. The number of phenols is 1. The first kappa shape index (κ1) is 29.6. The lowest BCUT2D eigenvalue weighted by atomic mass is 10.0. The number of aryl methyl sites for hydroxylation is 1. The Morgan fingerprint density at radius 2 is 1.63 bits per heavy atom. The van der Waals surface area contributed by atoms with E-state index in [1.807, 2.05) is 12.1 Å². The average Bonchev–Trinajstić information content (AvgIpc) is 3.23. The Morgan fingerprint density at radius 1 is 0.921 bits per heavy atom. The molecule has 3 rings (SSSR count). The quantitative estimate of drug-likeness (QED) is 0.129. The van der Waals surface area contributed by atoms with Crippen molar-refractivity contribution in [1.29, 1.82) is 0 Å². The standard InChI is InChI=1S/C29H41N3O6/c33-20-24-18-23(12-13-26(24)34)27(35)19-30-14-4-1-2-5-15-38-16-6-3-7-21-8-10-22(11-9-21)17-25-28(36)32-29(37)31-25/h8-13,18,25,27,30,33-35H,1-7,14-17,19-20H2,(H2,31,32,36,37)/t25?,27-/m1/s1. The van der Waals surface area contributed by atoms with E-state index in [0.29, 0.717) is 24.1 Å². The van der Waals surface area contributed by atoms with E-state index in [0.717, 1.165) is 70.3 Å². The number of hydrogen-bond acceptors (Lipinski definition) is 7. The molecule has 2 aromatic rings. The molecule has 3 amide bonds. The first-order chi connectivity index (χ1) is 18.5. The van der Waals surface area contributed by atoms with Gasteiger partial charge in [-0.15, -0.1) is 0 Å². The van der Waals surface area contributed by atoms with Gasteiger partial charge in [-0.05, 0) is 67.5 Å². The molecule has 0 bridgehead atoms. The molecule has 0 saturated carbocycles. The number of ether oxygens (including phenoxy) is 1. The van der Waals surface area contributed by atoms with Gasteiger partial charge in [-0.2, -0.15) is 0 Å². The third-order valence-corrected chi connectivity index (χ3v) is 6.71. The highest BCUT2D eigenvalue weighted by molar-refractivity contribution is 6.04. The van der Waals surface area contributed by atoms with Gasteiger partial charge in [-0.3, -0.25) is 10.1 Å². The van der Waals surface area contributed by atoms with Crippen LogP contribution in [0.3, 0.4) is 0 Å². The summed E-state index contributed by atoms with van der Waals surface area (Å²) in [6.45, 7) is 2.55. The molecule has 2 atom stereocenters. The summed E-state index contributed by atoms with van der Waals surface area (Å²) in [4.78, 5) is 22.9. The molecule has 38 heavy (non-hydrogen) atoms. The van der Waals surface area contributed by atoms with Crippen molar-refractivity contribution >= 4 is 11.9 Å². The maximum atomic E-state index is 11.7. The SMILES string of the molecule is O=C1NC(=O)C(Cc2ccc(CCCCOCCCCCCNC[C@@H](O)c3ccc(O)c(CO)c3)cc2)N1. The Hall–Kier alpha value is -2.98. The summed E-state index contributed by atoms with van der Waals surface area (Å²) in [5.74, 6) is -0.232. The van der Waals surface area contributed by atoms with Gasteiger partial charge in [0.25, 0.3) is 5.91 Å². The molecule has 0 spiro atoms. The van der Waals surface area contributed by atoms with Crippen molar-refractivity contribution in [3.05, 3.63) is 64.7 Å². The fraction of sp³-hybridized carbons (Fsp3) is 0.517. The minimum atomic E-state index is -0.675. The number of imide groups is 1. The largest absolute Gasteiger partial charge is 0.508 e. The number of nitrogens with one attached hydrogen (secondary N) is 3. The van der Waals surface area contributed by atoms with Crippen LogP contribution in [-0.4, -0.2) is 59.6 Å². The van der Waals surface area contributed by atoms with Crippen molar-refractivity contribution in [2.24, 2.45) is 0 Å². The second-order valence-corrected chi connectivity index (χ2v) is 9.79. The van der Waals surface area contributed by atoms with Crippen molar-refractivity contribution in [3.63, 3.8) is 0 Å². The lowest BCUT2D eigenvalue weighted by molar-refractivity contribution is -0.120. The van der Waals surface area contributed by atoms with E-state index in [2.05, 4.69) is 28.1 Å². The number of unbranched alkanes of at least 4 members (excludes halogenated alkanes) is 4. The Balaban J connectivity index is 1.12. The van der Waals surface area contributed by atoms with E-state index in [4.69, 9.17) is 4.74 Å². The van der Waals surface area contributed by atoms with E-state index in [1.165, 1.54) is 11.6 Å². The molecule has 1 aliphatic heterocycles. The predicted octanol–water partition coefficient (Wildman–Crippen LogP) is 2.86. The smallest absolute Gasteiger partial charge is 0.322 e. The average molecular weight is 528 g/mol. The zero-order chi connectivity index (χ0) is 27.2. The van der Waals surface area contributed by atoms with Gasteiger partial charge in [0.2, 0.25) is 0 Å². The number of aromatic hydroxyl groups is 1. The first-order valence-electron chi connectivity index (χ1n) is 13.5. The van der Waals surface area contributed by atoms with Crippen molar-refractivity contribution in [3.8, 4) is 5.75 Å². The van der Waals surface area contributed by atoms with Crippen LogP contribution in [0.25, 0.3) is 0 Å². The molecular weight excluding hydrogens is 486 g/mol. The number of amides is 3. The molecule has 208 valence electrons. The van der Waals surface area contributed by atoms with Crippen molar-refractivity contribution in [2.45, 2.75) is 70.1 Å². The van der Waals surface area contributed by atoms with Crippen LogP contribution in [0.15, 0.2) is 42.5 Å². The zero-order valence-corrected chi connectivity index (χ0v) is 22.0. The molecule has 0 aliphatic carbocycles. The number of hydrogen-bond donors (Lipinski definition) is 6. The molecular formula is C29H41N3O6. The van der Waals surface area contributed by atoms with Crippen LogP contribution in [0, 0.1) is 0 Å². The van der Waals surface area contributed by atoms with Crippen LogP contribution in [0.2, 0.25) is 0 Å².